The fourth-order valence-corrected chi connectivity index (χ4v) is 2.96. The second-order valence-corrected chi connectivity index (χ2v) is 5.32. The fourth-order valence-electron chi connectivity index (χ4n) is 2.96. The summed E-state index contributed by atoms with van der Waals surface area (Å²) in [4.78, 5) is 2.51. The van der Waals surface area contributed by atoms with E-state index in [-0.39, 0.29) is 6.04 Å². The van der Waals surface area contributed by atoms with Crippen LogP contribution < -0.4 is 15.2 Å². The molecule has 1 aromatic carbocycles. The Morgan fingerprint density at radius 1 is 1.05 bits per heavy atom. The summed E-state index contributed by atoms with van der Waals surface area (Å²) in [7, 11) is 3.33. The van der Waals surface area contributed by atoms with E-state index in [4.69, 9.17) is 15.2 Å². The van der Waals surface area contributed by atoms with Gasteiger partial charge in [-0.1, -0.05) is 18.9 Å². The first-order valence-electron chi connectivity index (χ1n) is 7.46. The van der Waals surface area contributed by atoms with E-state index < -0.39 is 0 Å². The Morgan fingerprint density at radius 2 is 1.70 bits per heavy atom. The molecule has 0 radical (unpaired) electrons. The summed E-state index contributed by atoms with van der Waals surface area (Å²) < 4.78 is 10.7. The highest BCUT2D eigenvalue weighted by molar-refractivity contribution is 5.43. The van der Waals surface area contributed by atoms with Crippen LogP contribution in [0.2, 0.25) is 0 Å². The number of hydrogen-bond donors (Lipinski definition) is 1. The Labute approximate surface area is 121 Å². The fraction of sp³-hybridized carbons (Fsp3) is 0.625. The average molecular weight is 278 g/mol. The third-order valence-electron chi connectivity index (χ3n) is 4.10. The summed E-state index contributed by atoms with van der Waals surface area (Å²) in [6.07, 6.45) is 5.20. The predicted molar refractivity (Wildman–Crippen MR) is 81.4 cm³/mol. The molecule has 1 saturated heterocycles. The molecule has 2 rings (SSSR count). The van der Waals surface area contributed by atoms with Crippen LogP contribution in [0.1, 0.15) is 37.3 Å². The van der Waals surface area contributed by atoms with E-state index >= 15 is 0 Å². The standard InChI is InChI=1S/C16H26N2O2/c1-19-15-8-7-13(11-16(15)20-2)14(12-17)18-9-5-3-4-6-10-18/h7-8,11,14H,3-6,9-10,12,17H2,1-2H3. The zero-order valence-corrected chi connectivity index (χ0v) is 12.6. The Morgan fingerprint density at radius 3 is 2.25 bits per heavy atom. The van der Waals surface area contributed by atoms with Gasteiger partial charge in [-0.05, 0) is 43.6 Å². The van der Waals surface area contributed by atoms with E-state index in [9.17, 15) is 0 Å². The molecule has 0 amide bonds. The molecular formula is C16H26N2O2. The monoisotopic (exact) mass is 278 g/mol. The van der Waals surface area contributed by atoms with Crippen molar-refractivity contribution in [3.05, 3.63) is 23.8 Å². The highest BCUT2D eigenvalue weighted by Crippen LogP contribution is 2.32. The van der Waals surface area contributed by atoms with Gasteiger partial charge in [0.15, 0.2) is 11.5 Å². The molecule has 1 aliphatic rings. The van der Waals surface area contributed by atoms with E-state index in [1.54, 1.807) is 14.2 Å². The van der Waals surface area contributed by atoms with Gasteiger partial charge in [0.25, 0.3) is 0 Å². The summed E-state index contributed by atoms with van der Waals surface area (Å²) in [5.74, 6) is 1.54. The van der Waals surface area contributed by atoms with Crippen molar-refractivity contribution in [2.24, 2.45) is 5.73 Å². The molecule has 0 spiro atoms. The van der Waals surface area contributed by atoms with Crippen molar-refractivity contribution in [2.75, 3.05) is 33.9 Å². The molecule has 112 valence electrons. The topological polar surface area (TPSA) is 47.7 Å². The molecule has 1 aromatic rings. The molecule has 0 aliphatic carbocycles. The number of rotatable bonds is 5. The maximum absolute atomic E-state index is 6.04. The van der Waals surface area contributed by atoms with Crippen molar-refractivity contribution in [3.63, 3.8) is 0 Å². The van der Waals surface area contributed by atoms with Crippen molar-refractivity contribution < 1.29 is 9.47 Å². The van der Waals surface area contributed by atoms with Crippen LogP contribution in [0.4, 0.5) is 0 Å². The number of benzene rings is 1. The van der Waals surface area contributed by atoms with E-state index in [1.165, 1.54) is 31.2 Å². The zero-order valence-electron chi connectivity index (χ0n) is 12.6. The van der Waals surface area contributed by atoms with Crippen LogP contribution in [0.25, 0.3) is 0 Å². The number of likely N-dealkylation sites (tertiary alicyclic amines) is 1. The van der Waals surface area contributed by atoms with E-state index in [0.29, 0.717) is 6.54 Å². The molecular weight excluding hydrogens is 252 g/mol. The number of nitrogens with two attached hydrogens (primary N) is 1. The lowest BCUT2D eigenvalue weighted by Gasteiger charge is -2.30. The molecule has 2 N–H and O–H groups in total. The van der Waals surface area contributed by atoms with E-state index in [1.807, 2.05) is 6.07 Å². The van der Waals surface area contributed by atoms with Crippen molar-refractivity contribution in [2.45, 2.75) is 31.7 Å². The van der Waals surface area contributed by atoms with Gasteiger partial charge < -0.3 is 15.2 Å². The third kappa shape index (κ3) is 3.44. The minimum absolute atomic E-state index is 0.271. The van der Waals surface area contributed by atoms with Crippen LogP contribution in [0.5, 0.6) is 11.5 Å². The second-order valence-electron chi connectivity index (χ2n) is 5.32. The maximum atomic E-state index is 6.04. The van der Waals surface area contributed by atoms with Crippen LogP contribution in [0, 0.1) is 0 Å². The summed E-state index contributed by atoms with van der Waals surface area (Å²) >= 11 is 0. The van der Waals surface area contributed by atoms with Gasteiger partial charge in [0.2, 0.25) is 0 Å². The van der Waals surface area contributed by atoms with Gasteiger partial charge >= 0.3 is 0 Å². The molecule has 1 heterocycles. The number of methoxy groups -OCH3 is 2. The van der Waals surface area contributed by atoms with Crippen molar-refractivity contribution in [1.82, 2.24) is 4.90 Å². The molecule has 1 unspecified atom stereocenters. The lowest BCUT2D eigenvalue weighted by atomic mass is 10.0. The van der Waals surface area contributed by atoms with Gasteiger partial charge in [0.1, 0.15) is 0 Å². The molecule has 0 saturated carbocycles. The van der Waals surface area contributed by atoms with E-state index in [2.05, 4.69) is 17.0 Å². The zero-order chi connectivity index (χ0) is 14.4. The van der Waals surface area contributed by atoms with Gasteiger partial charge in [-0.3, -0.25) is 4.90 Å². The number of hydrogen-bond acceptors (Lipinski definition) is 4. The Kier molecular flexibility index (Phi) is 5.68. The van der Waals surface area contributed by atoms with Crippen molar-refractivity contribution >= 4 is 0 Å². The first-order chi connectivity index (χ1) is 9.80. The molecule has 4 nitrogen and oxygen atoms in total. The quantitative estimate of drug-likeness (QED) is 0.899. The van der Waals surface area contributed by atoms with Gasteiger partial charge in [-0.25, -0.2) is 0 Å². The predicted octanol–water partition coefficient (Wildman–Crippen LogP) is 2.58. The molecule has 4 heteroatoms. The molecule has 20 heavy (non-hydrogen) atoms. The second kappa shape index (κ2) is 7.50. The maximum Gasteiger partial charge on any atom is 0.161 e. The minimum atomic E-state index is 0.271. The number of nitrogens with zero attached hydrogens (tertiary/aromatic N) is 1. The minimum Gasteiger partial charge on any atom is -0.493 e. The van der Waals surface area contributed by atoms with Gasteiger partial charge in [-0.15, -0.1) is 0 Å². The Balaban J connectivity index is 2.21. The first kappa shape index (κ1) is 15.1. The summed E-state index contributed by atoms with van der Waals surface area (Å²) in [5, 5.41) is 0. The van der Waals surface area contributed by atoms with Crippen LogP contribution in [-0.2, 0) is 0 Å². The van der Waals surface area contributed by atoms with Crippen molar-refractivity contribution in [1.29, 1.82) is 0 Å². The Hall–Kier alpha value is -1.26. The van der Waals surface area contributed by atoms with Gasteiger partial charge in [0, 0.05) is 12.6 Å². The summed E-state index contributed by atoms with van der Waals surface area (Å²) in [5.41, 5.74) is 7.25. The smallest absolute Gasteiger partial charge is 0.161 e. The Bertz CT molecular complexity index is 415. The third-order valence-corrected chi connectivity index (χ3v) is 4.10. The highest BCUT2D eigenvalue weighted by Gasteiger charge is 2.21. The highest BCUT2D eigenvalue weighted by atomic mass is 16.5. The van der Waals surface area contributed by atoms with E-state index in [0.717, 1.165) is 24.6 Å². The summed E-state index contributed by atoms with van der Waals surface area (Å²) in [6, 6.07) is 6.40. The van der Waals surface area contributed by atoms with Gasteiger partial charge in [0.05, 0.1) is 14.2 Å². The number of ether oxygens (including phenoxy) is 2. The largest absolute Gasteiger partial charge is 0.493 e. The van der Waals surface area contributed by atoms with Gasteiger partial charge in [-0.2, -0.15) is 0 Å². The summed E-state index contributed by atoms with van der Waals surface area (Å²) in [6.45, 7) is 2.90. The molecule has 0 bridgehead atoms. The first-order valence-corrected chi connectivity index (χ1v) is 7.46. The van der Waals surface area contributed by atoms with Crippen molar-refractivity contribution in [3.8, 4) is 11.5 Å². The van der Waals surface area contributed by atoms with Crippen LogP contribution >= 0.6 is 0 Å². The normalized spacial score (nSPS) is 18.4. The molecule has 1 fully saturated rings. The van der Waals surface area contributed by atoms with Crippen LogP contribution in [0.3, 0.4) is 0 Å². The lowest BCUT2D eigenvalue weighted by molar-refractivity contribution is 0.209. The lowest BCUT2D eigenvalue weighted by Crippen LogP contribution is -2.34. The average Bonchev–Trinajstić information content (AvgIpc) is 2.77. The molecule has 1 aliphatic heterocycles. The molecule has 0 aromatic heterocycles. The molecule has 1 atom stereocenters. The van der Waals surface area contributed by atoms with Crippen LogP contribution in [-0.4, -0.2) is 38.8 Å². The SMILES string of the molecule is COc1ccc(C(CN)N2CCCCCC2)cc1OC. The van der Waals surface area contributed by atoms with Crippen LogP contribution in [0.15, 0.2) is 18.2 Å².